The third-order valence-electron chi connectivity index (χ3n) is 7.49. The molecule has 12 heteroatoms. The molecule has 4 rings (SSSR count). The summed E-state index contributed by atoms with van der Waals surface area (Å²) < 4.78 is 41.3. The van der Waals surface area contributed by atoms with E-state index < -0.39 is 23.7 Å². The molecule has 1 saturated heterocycles. The van der Waals surface area contributed by atoms with Crippen LogP contribution in [0.4, 0.5) is 30.6 Å². The molecule has 0 bridgehead atoms. The molecule has 9 nitrogen and oxygen atoms in total. The van der Waals surface area contributed by atoms with Gasteiger partial charge in [0.15, 0.2) is 0 Å². The summed E-state index contributed by atoms with van der Waals surface area (Å²) in [6, 6.07) is 6.06. The van der Waals surface area contributed by atoms with Crippen LogP contribution in [0.15, 0.2) is 30.5 Å². The van der Waals surface area contributed by atoms with Crippen LogP contribution in [0, 0.1) is 11.8 Å². The molecule has 2 amide bonds. The molecule has 1 aromatic carbocycles. The van der Waals surface area contributed by atoms with Crippen molar-refractivity contribution in [1.82, 2.24) is 25.5 Å². The number of piperidine rings is 1. The van der Waals surface area contributed by atoms with E-state index in [2.05, 4.69) is 43.2 Å². The highest BCUT2D eigenvalue weighted by atomic mass is 19.4. The van der Waals surface area contributed by atoms with Gasteiger partial charge in [-0.1, -0.05) is 13.8 Å². The highest BCUT2D eigenvalue weighted by Crippen LogP contribution is 2.36. The Bertz CT molecular complexity index is 1170. The number of hydrogen-bond donors (Lipinski definition) is 4. The molecule has 226 valence electrons. The van der Waals surface area contributed by atoms with Crippen LogP contribution in [0.2, 0.25) is 0 Å². The number of aromatic nitrogens is 2. The SMILES string of the molecule is C.CC(C)NC(=O)[C@H]1CCC[C@H]1Nc1nc(Nc2ccc(C(=O)NCC3CCN(C)CC3)cc2)ncc1C(F)(F)F. The van der Waals surface area contributed by atoms with E-state index in [0.29, 0.717) is 36.6 Å². The number of hydrogen-bond acceptors (Lipinski definition) is 7. The predicted octanol–water partition coefficient (Wildman–Crippen LogP) is 5.05. The Morgan fingerprint density at radius 2 is 1.76 bits per heavy atom. The van der Waals surface area contributed by atoms with Gasteiger partial charge >= 0.3 is 6.18 Å². The third-order valence-corrected chi connectivity index (χ3v) is 7.49. The molecule has 2 heterocycles. The Balaban J connectivity index is 0.00000462. The summed E-state index contributed by atoms with van der Waals surface area (Å²) in [7, 11) is 2.09. The number of alkyl halides is 3. The maximum atomic E-state index is 13.8. The highest BCUT2D eigenvalue weighted by Gasteiger charge is 2.39. The summed E-state index contributed by atoms with van der Waals surface area (Å²) in [6.07, 6.45) is 0.0429. The van der Waals surface area contributed by atoms with Gasteiger partial charge < -0.3 is 26.2 Å². The second kappa shape index (κ2) is 14.0. The Labute approximate surface area is 240 Å². The first-order valence-electron chi connectivity index (χ1n) is 13.8. The molecular weight excluding hydrogens is 535 g/mol. The average molecular weight is 578 g/mol. The van der Waals surface area contributed by atoms with Gasteiger partial charge in [0.25, 0.3) is 5.91 Å². The van der Waals surface area contributed by atoms with Crippen molar-refractivity contribution in [3.05, 3.63) is 41.6 Å². The molecule has 2 aromatic rings. The van der Waals surface area contributed by atoms with Gasteiger partial charge in [-0.05, 0) is 89.9 Å². The molecule has 2 fully saturated rings. The van der Waals surface area contributed by atoms with Crippen molar-refractivity contribution in [3.8, 4) is 0 Å². The molecule has 1 aliphatic heterocycles. The smallest absolute Gasteiger partial charge is 0.366 e. The van der Waals surface area contributed by atoms with E-state index >= 15 is 0 Å². The van der Waals surface area contributed by atoms with E-state index in [1.807, 2.05) is 13.8 Å². The number of carbonyl (C=O) groups excluding carboxylic acids is 2. The van der Waals surface area contributed by atoms with Crippen LogP contribution >= 0.6 is 0 Å². The number of likely N-dealkylation sites (tertiary alicyclic amines) is 1. The summed E-state index contributed by atoms with van der Waals surface area (Å²) in [4.78, 5) is 35.5. The number of nitrogens with one attached hydrogen (secondary N) is 4. The molecular formula is C29H42F3N7O2. The first kappa shape index (κ1) is 32.1. The van der Waals surface area contributed by atoms with Gasteiger partial charge in [0.05, 0.1) is 5.92 Å². The first-order valence-corrected chi connectivity index (χ1v) is 13.8. The van der Waals surface area contributed by atoms with Crippen molar-refractivity contribution >= 4 is 29.3 Å². The number of nitrogens with zero attached hydrogens (tertiary/aromatic N) is 3. The zero-order chi connectivity index (χ0) is 28.9. The predicted molar refractivity (Wildman–Crippen MR) is 154 cm³/mol. The van der Waals surface area contributed by atoms with Crippen molar-refractivity contribution < 1.29 is 22.8 Å². The number of benzene rings is 1. The van der Waals surface area contributed by atoms with E-state index in [0.717, 1.165) is 38.5 Å². The van der Waals surface area contributed by atoms with Gasteiger partial charge in [-0.3, -0.25) is 9.59 Å². The maximum absolute atomic E-state index is 13.8. The molecule has 2 atom stereocenters. The molecule has 2 aliphatic rings. The number of anilines is 3. The van der Waals surface area contributed by atoms with Gasteiger partial charge in [0, 0.05) is 36.1 Å². The van der Waals surface area contributed by atoms with Gasteiger partial charge in [0.1, 0.15) is 11.4 Å². The normalized spacial score (nSPS) is 19.9. The Kier molecular flexibility index (Phi) is 10.9. The lowest BCUT2D eigenvalue weighted by atomic mass is 9.97. The van der Waals surface area contributed by atoms with Crippen molar-refractivity contribution in [2.45, 2.75) is 71.6 Å². The lowest BCUT2D eigenvalue weighted by Crippen LogP contribution is -2.41. The van der Waals surface area contributed by atoms with Gasteiger partial charge in [-0.25, -0.2) is 4.98 Å². The van der Waals surface area contributed by atoms with Crippen LogP contribution in [0.5, 0.6) is 0 Å². The number of rotatable bonds is 9. The fourth-order valence-corrected chi connectivity index (χ4v) is 5.21. The van der Waals surface area contributed by atoms with Crippen molar-refractivity contribution in [2.75, 3.05) is 37.3 Å². The third kappa shape index (κ3) is 8.79. The summed E-state index contributed by atoms with van der Waals surface area (Å²) in [6.45, 7) is 6.37. The minimum absolute atomic E-state index is 0. The van der Waals surface area contributed by atoms with E-state index in [-0.39, 0.29) is 37.0 Å². The molecule has 0 unspecified atom stereocenters. The van der Waals surface area contributed by atoms with Gasteiger partial charge in [-0.15, -0.1) is 0 Å². The lowest BCUT2D eigenvalue weighted by Gasteiger charge is -2.28. The van der Waals surface area contributed by atoms with Gasteiger partial charge in [0.2, 0.25) is 11.9 Å². The molecule has 0 radical (unpaired) electrons. The summed E-state index contributed by atoms with van der Waals surface area (Å²) in [5, 5.41) is 11.6. The number of carbonyl (C=O) groups is 2. The minimum Gasteiger partial charge on any atom is -0.366 e. The Morgan fingerprint density at radius 1 is 1.07 bits per heavy atom. The highest BCUT2D eigenvalue weighted by molar-refractivity contribution is 5.94. The van der Waals surface area contributed by atoms with Crippen molar-refractivity contribution in [3.63, 3.8) is 0 Å². The van der Waals surface area contributed by atoms with E-state index in [9.17, 15) is 22.8 Å². The van der Waals surface area contributed by atoms with E-state index in [1.165, 1.54) is 0 Å². The lowest BCUT2D eigenvalue weighted by molar-refractivity contribution is -0.137. The number of halogens is 3. The van der Waals surface area contributed by atoms with Crippen molar-refractivity contribution in [1.29, 1.82) is 0 Å². The van der Waals surface area contributed by atoms with Crippen LogP contribution in [0.25, 0.3) is 0 Å². The fourth-order valence-electron chi connectivity index (χ4n) is 5.21. The molecule has 4 N–H and O–H groups in total. The molecule has 1 aliphatic carbocycles. The molecule has 41 heavy (non-hydrogen) atoms. The second-order valence-electron chi connectivity index (χ2n) is 11.1. The topological polar surface area (TPSA) is 111 Å². The van der Waals surface area contributed by atoms with E-state index in [1.54, 1.807) is 24.3 Å². The standard InChI is InChI=1S/C28H38F3N7O2.CH4/c1-17(2)34-26(40)21-5-4-6-23(21)36-24-22(28(29,30)31)16-33-27(37-24)35-20-9-7-19(8-10-20)25(39)32-15-18-11-13-38(3)14-12-18;/h7-10,16-18,21,23H,4-6,11-15H2,1-3H3,(H,32,39)(H,34,40)(H2,33,35,36,37);1H4/t21-,23+;/m0./s1. The van der Waals surface area contributed by atoms with Crippen LogP contribution in [0.1, 0.15) is 69.3 Å². The minimum atomic E-state index is -4.67. The first-order chi connectivity index (χ1) is 19.0. The summed E-state index contributed by atoms with van der Waals surface area (Å²) in [5.74, 6) is -0.741. The van der Waals surface area contributed by atoms with Crippen LogP contribution in [0.3, 0.4) is 0 Å². The largest absolute Gasteiger partial charge is 0.421 e. The zero-order valence-corrected chi connectivity index (χ0v) is 23.1. The Morgan fingerprint density at radius 3 is 2.39 bits per heavy atom. The van der Waals surface area contributed by atoms with Crippen molar-refractivity contribution in [2.24, 2.45) is 11.8 Å². The van der Waals surface area contributed by atoms with Crippen LogP contribution in [-0.2, 0) is 11.0 Å². The van der Waals surface area contributed by atoms with Crippen LogP contribution in [-0.4, -0.2) is 65.4 Å². The van der Waals surface area contributed by atoms with E-state index in [4.69, 9.17) is 0 Å². The maximum Gasteiger partial charge on any atom is 0.421 e. The molecule has 1 aromatic heterocycles. The summed E-state index contributed by atoms with van der Waals surface area (Å²) in [5.41, 5.74) is 0.0124. The molecule has 1 saturated carbocycles. The fraction of sp³-hybridized carbons (Fsp3) is 0.586. The monoisotopic (exact) mass is 577 g/mol. The quantitative estimate of drug-likeness (QED) is 0.330. The van der Waals surface area contributed by atoms with Crippen LogP contribution < -0.4 is 21.3 Å². The zero-order valence-electron chi connectivity index (χ0n) is 23.1. The Hall–Kier alpha value is -3.41. The average Bonchev–Trinajstić information content (AvgIpc) is 3.36. The van der Waals surface area contributed by atoms with Gasteiger partial charge in [-0.2, -0.15) is 18.2 Å². The number of amides is 2. The summed E-state index contributed by atoms with van der Waals surface area (Å²) >= 11 is 0. The second-order valence-corrected chi connectivity index (χ2v) is 11.1. The molecule has 0 spiro atoms.